The summed E-state index contributed by atoms with van der Waals surface area (Å²) in [5.41, 5.74) is 2.26. The van der Waals surface area contributed by atoms with E-state index in [9.17, 15) is 4.79 Å². The minimum absolute atomic E-state index is 0.0508. The second-order valence-electron chi connectivity index (χ2n) is 7.79. The number of aryl methyl sites for hydroxylation is 1. The highest BCUT2D eigenvalue weighted by atomic mass is 32.1. The summed E-state index contributed by atoms with van der Waals surface area (Å²) in [6, 6.07) is 3.86. The largest absolute Gasteiger partial charge is 0.350 e. The van der Waals surface area contributed by atoms with Crippen molar-refractivity contribution in [3.05, 3.63) is 35.0 Å². The van der Waals surface area contributed by atoms with E-state index in [0.29, 0.717) is 11.7 Å². The summed E-state index contributed by atoms with van der Waals surface area (Å²) in [7, 11) is 5.49. The van der Waals surface area contributed by atoms with Crippen molar-refractivity contribution in [1.29, 1.82) is 0 Å². The smallest absolute Gasteiger partial charge is 0.241 e. The van der Waals surface area contributed by atoms with Crippen LogP contribution in [0.4, 0.5) is 5.82 Å². The molecule has 0 saturated carbocycles. The van der Waals surface area contributed by atoms with Crippen LogP contribution in [-0.4, -0.2) is 53.4 Å². The van der Waals surface area contributed by atoms with Crippen LogP contribution >= 0.6 is 11.3 Å². The van der Waals surface area contributed by atoms with Gasteiger partial charge in [-0.15, -0.1) is 11.3 Å². The fourth-order valence-electron chi connectivity index (χ4n) is 3.64. The minimum Gasteiger partial charge on any atom is -0.350 e. The summed E-state index contributed by atoms with van der Waals surface area (Å²) in [5.74, 6) is 2.25. The molecule has 4 rings (SSSR count). The fraction of sp³-hybridized carbons (Fsp3) is 0.429. The number of fused-ring (bicyclic) bond motifs is 3. The molecule has 0 fully saturated rings. The van der Waals surface area contributed by atoms with Crippen molar-refractivity contribution < 1.29 is 4.79 Å². The molecular formula is C21H25N5OS. The lowest BCUT2D eigenvalue weighted by molar-refractivity contribution is -0.127. The van der Waals surface area contributed by atoms with Gasteiger partial charge in [0.1, 0.15) is 10.6 Å². The number of anilines is 1. The van der Waals surface area contributed by atoms with E-state index in [1.807, 2.05) is 24.1 Å². The van der Waals surface area contributed by atoms with Crippen LogP contribution in [0.25, 0.3) is 21.6 Å². The van der Waals surface area contributed by atoms with Crippen molar-refractivity contribution >= 4 is 33.3 Å². The average Bonchev–Trinajstić information content (AvgIpc) is 3.04. The van der Waals surface area contributed by atoms with E-state index in [4.69, 9.17) is 9.97 Å². The van der Waals surface area contributed by atoms with Gasteiger partial charge in [-0.25, -0.2) is 9.97 Å². The van der Waals surface area contributed by atoms with Crippen molar-refractivity contribution in [2.45, 2.75) is 26.2 Å². The van der Waals surface area contributed by atoms with Gasteiger partial charge in [-0.05, 0) is 42.9 Å². The molecule has 0 radical (unpaired) electrons. The first-order valence-electron chi connectivity index (χ1n) is 9.58. The number of rotatable bonds is 4. The molecule has 1 amide bonds. The zero-order valence-corrected chi connectivity index (χ0v) is 17.6. The van der Waals surface area contributed by atoms with Crippen LogP contribution in [0, 0.1) is 5.92 Å². The van der Waals surface area contributed by atoms with Crippen LogP contribution < -0.4 is 4.90 Å². The first kappa shape index (κ1) is 18.8. The Morgan fingerprint density at radius 1 is 1.29 bits per heavy atom. The molecule has 0 saturated heterocycles. The Kier molecular flexibility index (Phi) is 5.02. The third kappa shape index (κ3) is 3.46. The Morgan fingerprint density at radius 3 is 2.82 bits per heavy atom. The first-order chi connectivity index (χ1) is 13.4. The van der Waals surface area contributed by atoms with Gasteiger partial charge in [0.05, 0.1) is 11.9 Å². The first-order valence-corrected chi connectivity index (χ1v) is 10.4. The van der Waals surface area contributed by atoms with E-state index in [0.717, 1.165) is 34.4 Å². The Labute approximate surface area is 169 Å². The molecule has 0 unspecified atom stereocenters. The topological polar surface area (TPSA) is 62.2 Å². The van der Waals surface area contributed by atoms with Gasteiger partial charge in [0.15, 0.2) is 5.82 Å². The lowest BCUT2D eigenvalue weighted by Crippen LogP contribution is -2.35. The summed E-state index contributed by atoms with van der Waals surface area (Å²) < 4.78 is 0. The Balaban J connectivity index is 1.87. The van der Waals surface area contributed by atoms with Crippen LogP contribution in [0.5, 0.6) is 0 Å². The predicted molar refractivity (Wildman–Crippen MR) is 114 cm³/mol. The van der Waals surface area contributed by atoms with Crippen molar-refractivity contribution in [3.8, 4) is 11.4 Å². The number of thiophene rings is 1. The molecule has 7 heteroatoms. The molecule has 1 aliphatic rings. The lowest BCUT2D eigenvalue weighted by Gasteiger charge is -2.23. The molecule has 1 atom stereocenters. The Bertz CT molecular complexity index is 1010. The summed E-state index contributed by atoms with van der Waals surface area (Å²) in [5, 5.41) is 1.12. The van der Waals surface area contributed by atoms with Gasteiger partial charge in [0.25, 0.3) is 0 Å². The van der Waals surface area contributed by atoms with Crippen LogP contribution in [0.2, 0.25) is 0 Å². The third-order valence-electron chi connectivity index (χ3n) is 5.29. The number of aromatic nitrogens is 3. The summed E-state index contributed by atoms with van der Waals surface area (Å²) in [6.07, 6.45) is 6.86. The maximum Gasteiger partial charge on any atom is 0.241 e. The van der Waals surface area contributed by atoms with E-state index < -0.39 is 0 Å². The van der Waals surface area contributed by atoms with Crippen molar-refractivity contribution in [3.63, 3.8) is 0 Å². The molecule has 0 N–H and O–H groups in total. The average molecular weight is 396 g/mol. The normalized spacial score (nSPS) is 16.1. The third-order valence-corrected chi connectivity index (χ3v) is 6.44. The van der Waals surface area contributed by atoms with E-state index in [2.05, 4.69) is 11.9 Å². The number of amides is 1. The molecule has 146 valence electrons. The van der Waals surface area contributed by atoms with Crippen LogP contribution in [-0.2, 0) is 17.6 Å². The molecule has 0 spiro atoms. The van der Waals surface area contributed by atoms with Gasteiger partial charge in [-0.3, -0.25) is 9.78 Å². The highest BCUT2D eigenvalue weighted by Gasteiger charge is 2.26. The van der Waals surface area contributed by atoms with E-state index >= 15 is 0 Å². The molecular weight excluding hydrogens is 370 g/mol. The van der Waals surface area contributed by atoms with Gasteiger partial charge in [-0.2, -0.15) is 0 Å². The summed E-state index contributed by atoms with van der Waals surface area (Å²) in [6.45, 7) is 2.59. The van der Waals surface area contributed by atoms with Gasteiger partial charge < -0.3 is 9.80 Å². The number of nitrogens with zero attached hydrogens (tertiary/aromatic N) is 5. The molecule has 0 bridgehead atoms. The lowest BCUT2D eigenvalue weighted by atomic mass is 9.89. The fourth-order valence-corrected chi connectivity index (χ4v) is 5.02. The second-order valence-corrected chi connectivity index (χ2v) is 8.87. The molecule has 3 aromatic rings. The molecule has 1 aliphatic carbocycles. The van der Waals surface area contributed by atoms with E-state index in [1.165, 1.54) is 16.9 Å². The molecule has 0 aromatic carbocycles. The minimum atomic E-state index is 0.0508. The van der Waals surface area contributed by atoms with Crippen molar-refractivity contribution in [2.24, 2.45) is 5.92 Å². The quantitative estimate of drug-likeness (QED) is 0.677. The summed E-state index contributed by atoms with van der Waals surface area (Å²) in [4.78, 5) is 32.3. The number of likely N-dealkylation sites (N-methyl/N-ethyl adjacent to an activating group) is 2. The molecule has 28 heavy (non-hydrogen) atoms. The second kappa shape index (κ2) is 7.47. The highest BCUT2D eigenvalue weighted by Crippen LogP contribution is 2.41. The number of hydrogen-bond donors (Lipinski definition) is 0. The number of carbonyl (C=O) groups is 1. The maximum absolute atomic E-state index is 12.3. The van der Waals surface area contributed by atoms with Gasteiger partial charge >= 0.3 is 0 Å². The zero-order valence-electron chi connectivity index (χ0n) is 16.8. The predicted octanol–water partition coefficient (Wildman–Crippen LogP) is 3.40. The van der Waals surface area contributed by atoms with Gasteiger partial charge in [-0.1, -0.05) is 6.92 Å². The number of hydrogen-bond acceptors (Lipinski definition) is 6. The van der Waals surface area contributed by atoms with Crippen LogP contribution in [0.3, 0.4) is 0 Å². The van der Waals surface area contributed by atoms with Crippen LogP contribution in [0.15, 0.2) is 24.5 Å². The number of pyridine rings is 1. The molecule has 3 aromatic heterocycles. The van der Waals surface area contributed by atoms with Gasteiger partial charge in [0, 0.05) is 44.0 Å². The maximum atomic E-state index is 12.3. The zero-order chi connectivity index (χ0) is 19.8. The van der Waals surface area contributed by atoms with Gasteiger partial charge in [0.2, 0.25) is 5.91 Å². The molecule has 0 aliphatic heterocycles. The summed E-state index contributed by atoms with van der Waals surface area (Å²) >= 11 is 1.78. The Hall–Kier alpha value is -2.54. The monoisotopic (exact) mass is 395 g/mol. The highest BCUT2D eigenvalue weighted by molar-refractivity contribution is 7.19. The number of carbonyl (C=O) groups excluding carboxylic acids is 1. The molecule has 3 heterocycles. The van der Waals surface area contributed by atoms with Crippen molar-refractivity contribution in [2.75, 3.05) is 32.6 Å². The molecule has 6 nitrogen and oxygen atoms in total. The van der Waals surface area contributed by atoms with Crippen LogP contribution in [0.1, 0.15) is 23.8 Å². The Morgan fingerprint density at radius 2 is 2.11 bits per heavy atom. The standard InChI is InChI=1S/C21H25N5OS/c1-13-7-8-15-16(10-13)28-21-18(15)20(26(4)12-17(27)25(2)3)23-19(24-21)14-6-5-9-22-11-14/h5-6,9,11,13H,7-8,10,12H2,1-4H3/t13-/m0/s1. The van der Waals surface area contributed by atoms with E-state index in [-0.39, 0.29) is 12.5 Å². The van der Waals surface area contributed by atoms with E-state index in [1.54, 1.807) is 42.7 Å². The van der Waals surface area contributed by atoms with Crippen molar-refractivity contribution in [1.82, 2.24) is 19.9 Å². The SMILES string of the molecule is C[C@H]1CCc2c(sc3nc(-c4cccnc4)nc(N(C)CC(=O)N(C)C)c23)C1.